The summed E-state index contributed by atoms with van der Waals surface area (Å²) < 4.78 is 10.0. The summed E-state index contributed by atoms with van der Waals surface area (Å²) in [5.41, 5.74) is 5.75. The lowest BCUT2D eigenvalue weighted by atomic mass is 9.92. The van der Waals surface area contributed by atoms with Crippen LogP contribution in [0, 0.1) is 5.92 Å². The normalized spacial score (nSPS) is 19.6. The van der Waals surface area contributed by atoms with Crippen LogP contribution in [-0.2, 0) is 14.3 Å². The fraction of sp³-hybridized carbons (Fsp3) is 0.889. The van der Waals surface area contributed by atoms with Crippen molar-refractivity contribution in [1.29, 1.82) is 0 Å². The molecule has 0 radical (unpaired) electrons. The van der Waals surface area contributed by atoms with Crippen molar-refractivity contribution in [1.82, 2.24) is 0 Å². The van der Waals surface area contributed by atoms with Gasteiger partial charge in [-0.3, -0.25) is 4.79 Å². The van der Waals surface area contributed by atoms with Crippen LogP contribution in [0.1, 0.15) is 19.8 Å². The van der Waals surface area contributed by atoms with Crippen LogP contribution in [0.5, 0.6) is 0 Å². The Labute approximate surface area is 90.5 Å². The molecule has 1 unspecified atom stereocenters. The molecule has 5 heteroatoms. The molecule has 14 heavy (non-hydrogen) atoms. The Morgan fingerprint density at radius 2 is 2.14 bits per heavy atom. The molecule has 4 nitrogen and oxygen atoms in total. The summed E-state index contributed by atoms with van der Waals surface area (Å²) in [5.74, 6) is -0.0535. The maximum Gasteiger partial charge on any atom is 0.323 e. The molecule has 1 saturated heterocycles. The van der Waals surface area contributed by atoms with Crippen molar-refractivity contribution in [3.63, 3.8) is 0 Å². The molecule has 1 atom stereocenters. The van der Waals surface area contributed by atoms with Gasteiger partial charge in [0.05, 0.1) is 6.61 Å². The Morgan fingerprint density at radius 1 is 1.57 bits per heavy atom. The first-order valence-corrected chi connectivity index (χ1v) is 4.75. The van der Waals surface area contributed by atoms with Gasteiger partial charge < -0.3 is 15.2 Å². The molecule has 2 N–H and O–H groups in total. The molecule has 0 spiro atoms. The standard InChI is InChI=1S/C9H17NO3.ClH/c1-2-13-9(11)8(10)7-3-5-12-6-4-7;/h7-8H,2-6,10H2,1H3;1H. The van der Waals surface area contributed by atoms with E-state index in [1.165, 1.54) is 0 Å². The Balaban J connectivity index is 0.00000169. The van der Waals surface area contributed by atoms with Crippen molar-refractivity contribution in [3.05, 3.63) is 0 Å². The smallest absolute Gasteiger partial charge is 0.323 e. The van der Waals surface area contributed by atoms with E-state index in [1.807, 2.05) is 0 Å². The number of carbonyl (C=O) groups excluding carboxylic acids is 1. The van der Waals surface area contributed by atoms with Crippen LogP contribution in [0.15, 0.2) is 0 Å². The quantitative estimate of drug-likeness (QED) is 0.717. The summed E-state index contributed by atoms with van der Waals surface area (Å²) in [6, 6.07) is -0.469. The molecule has 0 saturated carbocycles. The summed E-state index contributed by atoms with van der Waals surface area (Å²) in [6.07, 6.45) is 1.72. The van der Waals surface area contributed by atoms with Crippen LogP contribution in [0.3, 0.4) is 0 Å². The number of esters is 1. The van der Waals surface area contributed by atoms with Gasteiger partial charge in [0.2, 0.25) is 0 Å². The van der Waals surface area contributed by atoms with Crippen molar-refractivity contribution in [2.24, 2.45) is 11.7 Å². The second-order valence-corrected chi connectivity index (χ2v) is 3.23. The average Bonchev–Trinajstić information content (AvgIpc) is 2.18. The van der Waals surface area contributed by atoms with Crippen molar-refractivity contribution in [2.45, 2.75) is 25.8 Å². The molecule has 1 aliphatic heterocycles. The highest BCUT2D eigenvalue weighted by Gasteiger charge is 2.27. The van der Waals surface area contributed by atoms with Crippen LogP contribution < -0.4 is 5.73 Å². The lowest BCUT2D eigenvalue weighted by Gasteiger charge is -2.25. The van der Waals surface area contributed by atoms with Gasteiger partial charge in [0.25, 0.3) is 0 Å². The van der Waals surface area contributed by atoms with E-state index in [4.69, 9.17) is 15.2 Å². The Morgan fingerprint density at radius 3 is 2.64 bits per heavy atom. The summed E-state index contributed by atoms with van der Waals surface area (Å²) in [4.78, 5) is 11.3. The van der Waals surface area contributed by atoms with Gasteiger partial charge in [-0.2, -0.15) is 0 Å². The molecular formula is C9H18ClNO3. The number of ether oxygens (including phenoxy) is 2. The average molecular weight is 224 g/mol. The van der Waals surface area contributed by atoms with Gasteiger partial charge in [0.1, 0.15) is 6.04 Å². The Hall–Kier alpha value is -0.320. The van der Waals surface area contributed by atoms with Gasteiger partial charge in [0, 0.05) is 13.2 Å². The molecule has 0 bridgehead atoms. The van der Waals surface area contributed by atoms with E-state index in [9.17, 15) is 4.79 Å². The molecular weight excluding hydrogens is 206 g/mol. The molecule has 0 aliphatic carbocycles. The van der Waals surface area contributed by atoms with Crippen LogP contribution >= 0.6 is 12.4 Å². The molecule has 1 fully saturated rings. The molecule has 0 aromatic rings. The third kappa shape index (κ3) is 3.82. The molecule has 0 aromatic carbocycles. The predicted molar refractivity (Wildman–Crippen MR) is 55.4 cm³/mol. The first-order valence-electron chi connectivity index (χ1n) is 4.75. The summed E-state index contributed by atoms with van der Waals surface area (Å²) >= 11 is 0. The van der Waals surface area contributed by atoms with Crippen molar-refractivity contribution in [2.75, 3.05) is 19.8 Å². The lowest BCUT2D eigenvalue weighted by Crippen LogP contribution is -2.41. The number of hydrogen-bond acceptors (Lipinski definition) is 4. The highest BCUT2D eigenvalue weighted by atomic mass is 35.5. The van der Waals surface area contributed by atoms with E-state index in [-0.39, 0.29) is 24.3 Å². The number of hydrogen-bond donors (Lipinski definition) is 1. The minimum Gasteiger partial charge on any atom is -0.465 e. The van der Waals surface area contributed by atoms with Gasteiger partial charge in [-0.15, -0.1) is 12.4 Å². The van der Waals surface area contributed by atoms with E-state index in [0.29, 0.717) is 19.8 Å². The molecule has 0 aromatic heterocycles. The SMILES string of the molecule is CCOC(=O)C(N)C1CCOCC1.Cl. The highest BCUT2D eigenvalue weighted by Crippen LogP contribution is 2.18. The zero-order chi connectivity index (χ0) is 9.68. The van der Waals surface area contributed by atoms with Crippen LogP contribution in [0.25, 0.3) is 0 Å². The topological polar surface area (TPSA) is 61.5 Å². The van der Waals surface area contributed by atoms with E-state index in [2.05, 4.69) is 0 Å². The first-order chi connectivity index (χ1) is 6.25. The van der Waals surface area contributed by atoms with Gasteiger partial charge in [-0.05, 0) is 25.7 Å². The highest BCUT2D eigenvalue weighted by molar-refractivity contribution is 5.85. The summed E-state index contributed by atoms with van der Waals surface area (Å²) in [5, 5.41) is 0. The van der Waals surface area contributed by atoms with Crippen LogP contribution in [0.4, 0.5) is 0 Å². The zero-order valence-corrected chi connectivity index (χ0v) is 9.22. The largest absolute Gasteiger partial charge is 0.465 e. The monoisotopic (exact) mass is 223 g/mol. The maximum absolute atomic E-state index is 11.3. The Kier molecular flexibility index (Phi) is 6.87. The molecule has 1 aliphatic rings. The molecule has 0 amide bonds. The second kappa shape index (κ2) is 7.04. The number of nitrogens with two attached hydrogens (primary N) is 1. The van der Waals surface area contributed by atoms with Gasteiger partial charge in [-0.25, -0.2) is 0 Å². The maximum atomic E-state index is 11.3. The van der Waals surface area contributed by atoms with E-state index in [0.717, 1.165) is 12.8 Å². The van der Waals surface area contributed by atoms with Crippen molar-refractivity contribution < 1.29 is 14.3 Å². The second-order valence-electron chi connectivity index (χ2n) is 3.23. The fourth-order valence-electron chi connectivity index (χ4n) is 1.51. The Bertz CT molecular complexity index is 171. The third-order valence-electron chi connectivity index (χ3n) is 2.33. The van der Waals surface area contributed by atoms with E-state index in [1.54, 1.807) is 6.92 Å². The number of carbonyl (C=O) groups is 1. The van der Waals surface area contributed by atoms with Gasteiger partial charge in [-0.1, -0.05) is 0 Å². The molecule has 84 valence electrons. The minimum atomic E-state index is -0.469. The van der Waals surface area contributed by atoms with Crippen molar-refractivity contribution in [3.8, 4) is 0 Å². The van der Waals surface area contributed by atoms with Gasteiger partial charge >= 0.3 is 5.97 Å². The lowest BCUT2D eigenvalue weighted by molar-refractivity contribution is -0.146. The predicted octanol–water partition coefficient (Wildman–Crippen LogP) is 0.725. The zero-order valence-electron chi connectivity index (χ0n) is 8.40. The molecule has 1 heterocycles. The molecule has 1 rings (SSSR count). The van der Waals surface area contributed by atoms with Crippen LogP contribution in [0.2, 0.25) is 0 Å². The third-order valence-corrected chi connectivity index (χ3v) is 2.33. The minimum absolute atomic E-state index is 0. The van der Waals surface area contributed by atoms with Crippen molar-refractivity contribution >= 4 is 18.4 Å². The number of rotatable bonds is 3. The fourth-order valence-corrected chi connectivity index (χ4v) is 1.51. The van der Waals surface area contributed by atoms with Crippen LogP contribution in [-0.4, -0.2) is 31.8 Å². The van der Waals surface area contributed by atoms with E-state index >= 15 is 0 Å². The first kappa shape index (κ1) is 13.7. The number of halogens is 1. The summed E-state index contributed by atoms with van der Waals surface area (Å²) in [7, 11) is 0. The van der Waals surface area contributed by atoms with E-state index < -0.39 is 6.04 Å². The summed E-state index contributed by atoms with van der Waals surface area (Å²) in [6.45, 7) is 3.60. The van der Waals surface area contributed by atoms with Gasteiger partial charge in [0.15, 0.2) is 0 Å².